The van der Waals surface area contributed by atoms with E-state index in [0.29, 0.717) is 5.56 Å². The Labute approximate surface area is 198 Å². The topological polar surface area (TPSA) is 66.9 Å². The van der Waals surface area contributed by atoms with Crippen molar-refractivity contribution in [1.29, 1.82) is 0 Å². The largest absolute Gasteiger partial charge is 0.331 e. The zero-order valence-corrected chi connectivity index (χ0v) is 20.4. The highest BCUT2D eigenvalue weighted by Crippen LogP contribution is 2.30. The van der Waals surface area contributed by atoms with Gasteiger partial charge in [-0.1, -0.05) is 32.9 Å². The van der Waals surface area contributed by atoms with E-state index in [0.717, 1.165) is 38.9 Å². The van der Waals surface area contributed by atoms with Crippen LogP contribution in [0.25, 0.3) is 11.3 Å². The van der Waals surface area contributed by atoms with Gasteiger partial charge in [0.25, 0.3) is 5.91 Å². The maximum Gasteiger partial charge on any atom is 0.255 e. The number of hydrogen-bond acceptors (Lipinski definition) is 5. The first-order valence-corrected chi connectivity index (χ1v) is 11.7. The lowest BCUT2D eigenvalue weighted by molar-refractivity contribution is 0.102. The number of aryl methyl sites for hydroxylation is 2. The third kappa shape index (κ3) is 5.29. The molecule has 0 aliphatic carbocycles. The summed E-state index contributed by atoms with van der Waals surface area (Å²) >= 11 is 1.53. The van der Waals surface area contributed by atoms with Crippen molar-refractivity contribution >= 4 is 33.8 Å². The van der Waals surface area contributed by atoms with Crippen molar-refractivity contribution in [2.75, 3.05) is 10.6 Å². The first kappa shape index (κ1) is 22.7. The summed E-state index contributed by atoms with van der Waals surface area (Å²) in [4.78, 5) is 21.7. The van der Waals surface area contributed by atoms with Crippen LogP contribution < -0.4 is 10.6 Å². The first-order chi connectivity index (χ1) is 15.7. The summed E-state index contributed by atoms with van der Waals surface area (Å²) < 4.78 is 0. The molecule has 6 heteroatoms. The molecule has 0 saturated heterocycles. The maximum atomic E-state index is 12.9. The van der Waals surface area contributed by atoms with E-state index in [1.54, 1.807) is 12.4 Å². The van der Waals surface area contributed by atoms with Crippen LogP contribution in [0.4, 0.5) is 16.5 Å². The molecule has 2 aromatic carbocycles. The predicted molar refractivity (Wildman–Crippen MR) is 138 cm³/mol. The lowest BCUT2D eigenvalue weighted by Gasteiger charge is -2.22. The molecule has 5 nitrogen and oxygen atoms in total. The number of hydrogen-bond donors (Lipinski definition) is 2. The minimum Gasteiger partial charge on any atom is -0.331 e. The fraction of sp³-hybridized carbons (Fsp3) is 0.222. The van der Waals surface area contributed by atoms with Gasteiger partial charge in [0, 0.05) is 40.3 Å². The molecule has 4 rings (SSSR count). The lowest BCUT2D eigenvalue weighted by Crippen LogP contribution is -2.16. The molecular weight excluding hydrogens is 428 g/mol. The highest BCUT2D eigenvalue weighted by Gasteiger charge is 2.18. The van der Waals surface area contributed by atoms with E-state index in [4.69, 9.17) is 0 Å². The summed E-state index contributed by atoms with van der Waals surface area (Å²) in [7, 11) is 0. The molecular formula is C27H28N4OS. The number of aromatic nitrogens is 2. The third-order valence-corrected chi connectivity index (χ3v) is 6.25. The number of benzene rings is 2. The molecule has 0 bridgehead atoms. The third-order valence-electron chi connectivity index (χ3n) is 5.50. The number of nitrogens with one attached hydrogen (secondary N) is 2. The van der Waals surface area contributed by atoms with Crippen LogP contribution >= 0.6 is 11.3 Å². The molecule has 4 aromatic rings. The van der Waals surface area contributed by atoms with E-state index >= 15 is 0 Å². The zero-order chi connectivity index (χ0) is 23.6. The van der Waals surface area contributed by atoms with Gasteiger partial charge in [0.15, 0.2) is 5.13 Å². The Kier molecular flexibility index (Phi) is 6.29. The van der Waals surface area contributed by atoms with Gasteiger partial charge in [-0.3, -0.25) is 9.78 Å². The summed E-state index contributed by atoms with van der Waals surface area (Å²) in [6, 6.07) is 15.6. The molecule has 2 heterocycles. The van der Waals surface area contributed by atoms with E-state index in [2.05, 4.69) is 54.4 Å². The van der Waals surface area contributed by atoms with Crippen LogP contribution in [0.1, 0.15) is 47.8 Å². The SMILES string of the molecule is Cc1ccc(NC(=O)c2ccc(C(C)(C)C)c(C)c2)cc1Nc1nc(-c2cccnc2)cs1. The second-order valence-electron chi connectivity index (χ2n) is 9.17. The Morgan fingerprint density at radius 2 is 1.82 bits per heavy atom. The van der Waals surface area contributed by atoms with Crippen LogP contribution in [0.2, 0.25) is 0 Å². The molecule has 0 radical (unpaired) electrons. The second kappa shape index (κ2) is 9.16. The molecule has 2 aromatic heterocycles. The number of thiazole rings is 1. The van der Waals surface area contributed by atoms with Crippen molar-refractivity contribution in [2.45, 2.75) is 40.0 Å². The van der Waals surface area contributed by atoms with Crippen LogP contribution in [0.5, 0.6) is 0 Å². The van der Waals surface area contributed by atoms with E-state index in [9.17, 15) is 4.79 Å². The predicted octanol–water partition coefficient (Wildman–Crippen LogP) is 7.12. The highest BCUT2D eigenvalue weighted by molar-refractivity contribution is 7.14. The Morgan fingerprint density at radius 1 is 1.00 bits per heavy atom. The molecule has 0 aliphatic heterocycles. The van der Waals surface area contributed by atoms with Crippen LogP contribution in [-0.4, -0.2) is 15.9 Å². The molecule has 2 N–H and O–H groups in total. The molecule has 33 heavy (non-hydrogen) atoms. The molecule has 0 unspecified atom stereocenters. The Balaban J connectivity index is 1.50. The number of carbonyl (C=O) groups excluding carboxylic acids is 1. The Hall–Kier alpha value is -3.51. The first-order valence-electron chi connectivity index (χ1n) is 10.9. The van der Waals surface area contributed by atoms with Gasteiger partial charge in [-0.15, -0.1) is 11.3 Å². The molecule has 0 fully saturated rings. The summed E-state index contributed by atoms with van der Waals surface area (Å²) in [5, 5.41) is 9.20. The second-order valence-corrected chi connectivity index (χ2v) is 10.0. The molecule has 0 atom stereocenters. The molecule has 0 aliphatic rings. The van der Waals surface area contributed by atoms with Gasteiger partial charge in [0.2, 0.25) is 0 Å². The van der Waals surface area contributed by atoms with Gasteiger partial charge in [0.05, 0.1) is 5.69 Å². The van der Waals surface area contributed by atoms with Crippen LogP contribution in [0.3, 0.4) is 0 Å². The average molecular weight is 457 g/mol. The van der Waals surface area contributed by atoms with Crippen molar-refractivity contribution in [3.63, 3.8) is 0 Å². The van der Waals surface area contributed by atoms with E-state index < -0.39 is 0 Å². The molecule has 168 valence electrons. The number of pyridine rings is 1. The van der Waals surface area contributed by atoms with E-state index in [-0.39, 0.29) is 11.3 Å². The zero-order valence-electron chi connectivity index (χ0n) is 19.6. The van der Waals surface area contributed by atoms with E-state index in [1.807, 2.05) is 54.8 Å². The monoisotopic (exact) mass is 456 g/mol. The number of carbonyl (C=O) groups is 1. The van der Waals surface area contributed by atoms with Gasteiger partial charge < -0.3 is 10.6 Å². The van der Waals surface area contributed by atoms with E-state index in [1.165, 1.54) is 16.9 Å². The summed E-state index contributed by atoms with van der Waals surface area (Å²) in [6.07, 6.45) is 3.55. The lowest BCUT2D eigenvalue weighted by atomic mass is 9.83. The van der Waals surface area contributed by atoms with Crippen molar-refractivity contribution in [2.24, 2.45) is 0 Å². The number of rotatable bonds is 5. The van der Waals surface area contributed by atoms with Crippen LogP contribution in [-0.2, 0) is 5.41 Å². The van der Waals surface area contributed by atoms with Gasteiger partial charge in [-0.05, 0) is 72.4 Å². The fourth-order valence-corrected chi connectivity index (χ4v) is 4.51. The minimum atomic E-state index is -0.124. The smallest absolute Gasteiger partial charge is 0.255 e. The number of amides is 1. The number of anilines is 3. The maximum absolute atomic E-state index is 12.9. The fourth-order valence-electron chi connectivity index (χ4n) is 3.78. The van der Waals surface area contributed by atoms with Crippen LogP contribution in [0.15, 0.2) is 66.3 Å². The van der Waals surface area contributed by atoms with Crippen molar-refractivity contribution in [1.82, 2.24) is 9.97 Å². The molecule has 0 saturated carbocycles. The number of nitrogens with zero attached hydrogens (tertiary/aromatic N) is 2. The summed E-state index contributed by atoms with van der Waals surface area (Å²) in [6.45, 7) is 10.6. The van der Waals surface area contributed by atoms with Gasteiger partial charge in [-0.2, -0.15) is 0 Å². The summed E-state index contributed by atoms with van der Waals surface area (Å²) in [5.74, 6) is -0.124. The minimum absolute atomic E-state index is 0.0450. The average Bonchev–Trinajstić information content (AvgIpc) is 3.24. The molecule has 0 spiro atoms. The van der Waals surface area contributed by atoms with Crippen molar-refractivity contribution < 1.29 is 4.79 Å². The van der Waals surface area contributed by atoms with Gasteiger partial charge in [-0.25, -0.2) is 4.98 Å². The molecule has 1 amide bonds. The standard InChI is InChI=1S/C27H28N4OS/c1-17-8-10-21(29-25(32)19-9-11-22(18(2)13-19)27(3,4)5)14-23(17)30-26-31-24(16-33-26)20-7-6-12-28-15-20/h6-16H,1-5H3,(H,29,32)(H,30,31). The Bertz CT molecular complexity index is 1290. The van der Waals surface area contributed by atoms with Crippen molar-refractivity contribution in [3.8, 4) is 11.3 Å². The van der Waals surface area contributed by atoms with Gasteiger partial charge in [0.1, 0.15) is 0 Å². The Morgan fingerprint density at radius 3 is 2.52 bits per heavy atom. The van der Waals surface area contributed by atoms with Crippen molar-refractivity contribution in [3.05, 3.63) is 88.6 Å². The van der Waals surface area contributed by atoms with Crippen LogP contribution in [0, 0.1) is 13.8 Å². The summed E-state index contributed by atoms with van der Waals surface area (Å²) in [5.41, 5.74) is 7.62. The van der Waals surface area contributed by atoms with Gasteiger partial charge >= 0.3 is 0 Å². The highest BCUT2D eigenvalue weighted by atomic mass is 32.1. The quantitative estimate of drug-likeness (QED) is 0.336. The normalized spacial score (nSPS) is 11.3.